The largest absolute Gasteiger partial charge is 0.314 e. The van der Waals surface area contributed by atoms with E-state index in [2.05, 4.69) is 65.7 Å². The Hall–Kier alpha value is -0.0800. The van der Waals surface area contributed by atoms with Gasteiger partial charge in [-0.2, -0.15) is 0 Å². The topological polar surface area (TPSA) is 15.3 Å². The minimum atomic E-state index is 0.338. The van der Waals surface area contributed by atoms with Crippen LogP contribution in [0, 0.1) is 10.8 Å². The number of nitrogens with one attached hydrogen (secondary N) is 1. The number of hydrogen-bond donors (Lipinski definition) is 1. The van der Waals surface area contributed by atoms with E-state index in [9.17, 15) is 0 Å². The van der Waals surface area contributed by atoms with Crippen LogP contribution in [0.25, 0.3) is 0 Å². The molecular weight excluding hydrogens is 196 g/mol. The summed E-state index contributed by atoms with van der Waals surface area (Å²) >= 11 is 0. The molecule has 1 N–H and O–H groups in total. The fourth-order valence-electron chi connectivity index (χ4n) is 2.13. The predicted molar refractivity (Wildman–Crippen MR) is 73.9 cm³/mol. The van der Waals surface area contributed by atoms with Gasteiger partial charge >= 0.3 is 0 Å². The molecule has 16 heavy (non-hydrogen) atoms. The van der Waals surface area contributed by atoms with Crippen molar-refractivity contribution < 1.29 is 0 Å². The lowest BCUT2D eigenvalue weighted by Crippen LogP contribution is -2.43. The van der Waals surface area contributed by atoms with Gasteiger partial charge in [-0.1, -0.05) is 48.5 Å². The summed E-state index contributed by atoms with van der Waals surface area (Å²) in [6.07, 6.45) is 0. The predicted octanol–water partition coefficient (Wildman–Crippen LogP) is 2.99. The van der Waals surface area contributed by atoms with E-state index in [0.29, 0.717) is 16.9 Å². The normalized spacial score (nSPS) is 13.9. The van der Waals surface area contributed by atoms with Gasteiger partial charge in [0.2, 0.25) is 0 Å². The molecule has 2 heteroatoms. The van der Waals surface area contributed by atoms with Crippen LogP contribution in [0.5, 0.6) is 0 Å². The summed E-state index contributed by atoms with van der Waals surface area (Å²) in [5.41, 5.74) is 0.723. The lowest BCUT2D eigenvalue weighted by Gasteiger charge is -2.34. The Kier molecular flexibility index (Phi) is 5.99. The van der Waals surface area contributed by atoms with Gasteiger partial charge in [0, 0.05) is 25.7 Å². The van der Waals surface area contributed by atoms with Gasteiger partial charge in [-0.15, -0.1) is 0 Å². The third-order valence-electron chi connectivity index (χ3n) is 2.43. The first kappa shape index (κ1) is 15.9. The first-order valence-electron chi connectivity index (χ1n) is 6.44. The monoisotopic (exact) mass is 228 g/mol. The molecule has 0 unspecified atom stereocenters. The maximum Gasteiger partial charge on any atom is 0.00420 e. The van der Waals surface area contributed by atoms with Gasteiger partial charge in [0.25, 0.3) is 0 Å². The third-order valence-corrected chi connectivity index (χ3v) is 2.43. The van der Waals surface area contributed by atoms with Gasteiger partial charge in [-0.3, -0.25) is 0 Å². The van der Waals surface area contributed by atoms with E-state index in [4.69, 9.17) is 0 Å². The molecule has 0 aromatic carbocycles. The zero-order chi connectivity index (χ0) is 13.0. The van der Waals surface area contributed by atoms with Crippen LogP contribution in [0.15, 0.2) is 0 Å². The van der Waals surface area contributed by atoms with Crippen molar-refractivity contribution in [2.45, 2.75) is 54.5 Å². The van der Waals surface area contributed by atoms with E-state index >= 15 is 0 Å². The van der Waals surface area contributed by atoms with E-state index in [1.54, 1.807) is 0 Å². The Balaban J connectivity index is 4.04. The van der Waals surface area contributed by atoms with Crippen LogP contribution in [0.1, 0.15) is 48.5 Å². The molecule has 0 saturated carbocycles. The molecule has 0 heterocycles. The van der Waals surface area contributed by atoms with Crippen LogP contribution >= 0.6 is 0 Å². The van der Waals surface area contributed by atoms with E-state index in [0.717, 1.165) is 19.6 Å². The van der Waals surface area contributed by atoms with Crippen molar-refractivity contribution in [3.63, 3.8) is 0 Å². The molecular formula is C14H32N2. The summed E-state index contributed by atoms with van der Waals surface area (Å²) in [6.45, 7) is 19.3. The van der Waals surface area contributed by atoms with Crippen LogP contribution in [0.3, 0.4) is 0 Å². The van der Waals surface area contributed by atoms with Crippen molar-refractivity contribution in [2.75, 3.05) is 26.7 Å². The van der Waals surface area contributed by atoms with Crippen molar-refractivity contribution in [3.8, 4) is 0 Å². The molecule has 0 radical (unpaired) electrons. The molecule has 0 atom stereocenters. The molecule has 0 aliphatic carbocycles. The summed E-state index contributed by atoms with van der Waals surface area (Å²) in [5, 5.41) is 3.53. The molecule has 0 rings (SSSR count). The average molecular weight is 228 g/mol. The maximum absolute atomic E-state index is 3.53. The van der Waals surface area contributed by atoms with Crippen molar-refractivity contribution >= 4 is 0 Å². The Morgan fingerprint density at radius 3 is 1.88 bits per heavy atom. The maximum atomic E-state index is 3.53. The van der Waals surface area contributed by atoms with Crippen LogP contribution in [0.4, 0.5) is 0 Å². The van der Waals surface area contributed by atoms with Gasteiger partial charge in [0.1, 0.15) is 0 Å². The van der Waals surface area contributed by atoms with E-state index in [-0.39, 0.29) is 0 Å². The summed E-state index contributed by atoms with van der Waals surface area (Å²) in [6, 6.07) is 0.576. The highest BCUT2D eigenvalue weighted by Gasteiger charge is 2.22. The van der Waals surface area contributed by atoms with Crippen LogP contribution < -0.4 is 5.32 Å². The second kappa shape index (κ2) is 6.02. The zero-order valence-corrected chi connectivity index (χ0v) is 12.6. The molecule has 0 aliphatic rings. The summed E-state index contributed by atoms with van der Waals surface area (Å²) < 4.78 is 0. The number of nitrogens with zero attached hydrogens (tertiary/aromatic N) is 1. The zero-order valence-electron chi connectivity index (χ0n) is 12.6. The smallest absolute Gasteiger partial charge is 0.00420 e. The molecule has 0 aromatic heterocycles. The van der Waals surface area contributed by atoms with E-state index in [1.165, 1.54) is 0 Å². The fourth-order valence-corrected chi connectivity index (χ4v) is 2.13. The number of rotatable bonds is 6. The molecule has 0 aromatic rings. The molecule has 0 spiro atoms. The minimum absolute atomic E-state index is 0.338. The van der Waals surface area contributed by atoms with Gasteiger partial charge in [-0.05, 0) is 17.9 Å². The van der Waals surface area contributed by atoms with Gasteiger partial charge < -0.3 is 10.2 Å². The van der Waals surface area contributed by atoms with Crippen LogP contribution in [-0.2, 0) is 0 Å². The second-order valence-electron chi connectivity index (χ2n) is 7.43. The highest BCUT2D eigenvalue weighted by molar-refractivity contribution is 4.78. The minimum Gasteiger partial charge on any atom is -0.314 e. The SMILES string of the molecule is CC(C)NCC(C)(C)CN(C)CC(C)(C)C. The van der Waals surface area contributed by atoms with E-state index < -0.39 is 0 Å². The van der Waals surface area contributed by atoms with E-state index in [1.807, 2.05) is 0 Å². The van der Waals surface area contributed by atoms with Crippen LogP contribution in [0.2, 0.25) is 0 Å². The van der Waals surface area contributed by atoms with Gasteiger partial charge in [-0.25, -0.2) is 0 Å². The van der Waals surface area contributed by atoms with Crippen LogP contribution in [-0.4, -0.2) is 37.6 Å². The first-order valence-corrected chi connectivity index (χ1v) is 6.44. The molecule has 98 valence electrons. The van der Waals surface area contributed by atoms with Crippen molar-refractivity contribution in [3.05, 3.63) is 0 Å². The highest BCUT2D eigenvalue weighted by Crippen LogP contribution is 2.19. The molecule has 0 aliphatic heterocycles. The lowest BCUT2D eigenvalue weighted by atomic mass is 9.90. The summed E-state index contributed by atoms with van der Waals surface area (Å²) in [7, 11) is 2.22. The van der Waals surface area contributed by atoms with Gasteiger partial charge in [0.05, 0.1) is 0 Å². The Morgan fingerprint density at radius 1 is 1.00 bits per heavy atom. The third kappa shape index (κ3) is 9.17. The Labute approximate surface area is 103 Å². The standard InChI is InChI=1S/C14H32N2/c1-12(2)15-9-14(6,7)11-16(8)10-13(3,4)5/h12,15H,9-11H2,1-8H3. The number of hydrogen-bond acceptors (Lipinski definition) is 2. The molecule has 2 nitrogen and oxygen atoms in total. The highest BCUT2D eigenvalue weighted by atomic mass is 15.1. The quantitative estimate of drug-likeness (QED) is 0.752. The summed E-state index contributed by atoms with van der Waals surface area (Å²) in [4.78, 5) is 2.45. The van der Waals surface area contributed by atoms with Crippen molar-refractivity contribution in [2.24, 2.45) is 10.8 Å². The molecule has 0 fully saturated rings. The Bertz CT molecular complexity index is 189. The molecule has 0 saturated heterocycles. The molecule has 0 bridgehead atoms. The fraction of sp³-hybridized carbons (Fsp3) is 1.00. The molecule has 0 amide bonds. The first-order chi connectivity index (χ1) is 7.02. The Morgan fingerprint density at radius 2 is 1.50 bits per heavy atom. The van der Waals surface area contributed by atoms with Crippen molar-refractivity contribution in [1.29, 1.82) is 0 Å². The average Bonchev–Trinajstić information content (AvgIpc) is 1.95. The lowest BCUT2D eigenvalue weighted by molar-refractivity contribution is 0.157. The van der Waals surface area contributed by atoms with Crippen molar-refractivity contribution in [1.82, 2.24) is 10.2 Å². The summed E-state index contributed by atoms with van der Waals surface area (Å²) in [5.74, 6) is 0. The van der Waals surface area contributed by atoms with Gasteiger partial charge in [0.15, 0.2) is 0 Å². The second-order valence-corrected chi connectivity index (χ2v) is 7.43.